The predicted octanol–water partition coefficient (Wildman–Crippen LogP) is 4.24. The Bertz CT molecular complexity index is 775. The summed E-state index contributed by atoms with van der Waals surface area (Å²) in [5.41, 5.74) is 8.78. The number of nitrogens with zero attached hydrogens (tertiary/aromatic N) is 3. The molecule has 6 heteroatoms. The number of thiazole rings is 1. The molecule has 0 radical (unpaired) electrons. The van der Waals surface area contributed by atoms with E-state index in [9.17, 15) is 0 Å². The van der Waals surface area contributed by atoms with Gasteiger partial charge in [0.1, 0.15) is 10.7 Å². The number of aryl methyl sites for hydroxylation is 1. The van der Waals surface area contributed by atoms with E-state index in [1.807, 2.05) is 30.5 Å². The number of aromatic nitrogens is 3. The average Bonchev–Trinajstić information content (AvgIpc) is 3.04. The Kier molecular flexibility index (Phi) is 3.97. The second-order valence-corrected chi connectivity index (χ2v) is 6.41. The van der Waals surface area contributed by atoms with E-state index in [4.69, 9.17) is 22.3 Å². The van der Waals surface area contributed by atoms with Crippen LogP contribution in [0.1, 0.15) is 31.3 Å². The molecule has 0 spiro atoms. The van der Waals surface area contributed by atoms with Crippen molar-refractivity contribution in [2.24, 2.45) is 5.73 Å². The first-order chi connectivity index (χ1) is 10.1. The summed E-state index contributed by atoms with van der Waals surface area (Å²) in [5, 5.41) is 3.65. The zero-order valence-corrected chi connectivity index (χ0v) is 13.6. The van der Waals surface area contributed by atoms with Crippen LogP contribution in [0.2, 0.25) is 5.02 Å². The minimum atomic E-state index is -0.0535. The minimum absolute atomic E-state index is 0.0535. The topological polar surface area (TPSA) is 56.7 Å². The van der Waals surface area contributed by atoms with E-state index in [0.29, 0.717) is 5.02 Å². The van der Waals surface area contributed by atoms with Crippen LogP contribution in [-0.2, 0) is 6.54 Å². The lowest BCUT2D eigenvalue weighted by molar-refractivity contribution is 0.702. The van der Waals surface area contributed by atoms with E-state index in [1.165, 1.54) is 0 Å². The van der Waals surface area contributed by atoms with Crippen molar-refractivity contribution < 1.29 is 0 Å². The first-order valence-corrected chi connectivity index (χ1v) is 8.23. The molecule has 0 aliphatic heterocycles. The molecule has 2 N–H and O–H groups in total. The fourth-order valence-electron chi connectivity index (χ4n) is 2.35. The van der Waals surface area contributed by atoms with Crippen LogP contribution < -0.4 is 5.73 Å². The fraction of sp³-hybridized carbons (Fsp3) is 0.333. The molecule has 0 amide bonds. The molecule has 3 aromatic rings. The van der Waals surface area contributed by atoms with Crippen molar-refractivity contribution >= 4 is 34.0 Å². The van der Waals surface area contributed by atoms with Crippen molar-refractivity contribution in [3.05, 3.63) is 33.6 Å². The van der Waals surface area contributed by atoms with Gasteiger partial charge in [0.15, 0.2) is 5.82 Å². The molecular weight excluding hydrogens is 304 g/mol. The third-order valence-electron chi connectivity index (χ3n) is 3.30. The third kappa shape index (κ3) is 2.69. The molecule has 0 bridgehead atoms. The van der Waals surface area contributed by atoms with Crippen molar-refractivity contribution in [1.82, 2.24) is 14.5 Å². The van der Waals surface area contributed by atoms with Crippen molar-refractivity contribution in [3.8, 4) is 11.5 Å². The summed E-state index contributed by atoms with van der Waals surface area (Å²) in [7, 11) is 0. The molecule has 2 heterocycles. The monoisotopic (exact) mass is 320 g/mol. The third-order valence-corrected chi connectivity index (χ3v) is 4.58. The Labute approximate surface area is 132 Å². The van der Waals surface area contributed by atoms with Gasteiger partial charge in [-0.2, -0.15) is 0 Å². The Morgan fingerprint density at radius 1 is 1.38 bits per heavy atom. The molecule has 0 saturated carbocycles. The van der Waals surface area contributed by atoms with Crippen LogP contribution >= 0.6 is 22.9 Å². The lowest BCUT2D eigenvalue weighted by atomic mass is 10.3. The number of halogens is 1. The van der Waals surface area contributed by atoms with Crippen LogP contribution in [-0.4, -0.2) is 14.5 Å². The lowest BCUT2D eigenvalue weighted by Gasteiger charge is -2.05. The van der Waals surface area contributed by atoms with Crippen molar-refractivity contribution in [3.63, 3.8) is 0 Å². The zero-order valence-electron chi connectivity index (χ0n) is 12.0. The highest BCUT2D eigenvalue weighted by atomic mass is 35.5. The van der Waals surface area contributed by atoms with Crippen LogP contribution in [0.4, 0.5) is 0 Å². The molecule has 21 heavy (non-hydrogen) atoms. The molecule has 1 atom stereocenters. The molecule has 3 rings (SSSR count). The molecule has 0 aliphatic carbocycles. The summed E-state index contributed by atoms with van der Waals surface area (Å²) in [5.74, 6) is 0.886. The van der Waals surface area contributed by atoms with Gasteiger partial charge in [-0.3, -0.25) is 0 Å². The molecular formula is C15H17ClN4S. The maximum atomic E-state index is 6.07. The molecule has 1 aromatic carbocycles. The average molecular weight is 321 g/mol. The number of hydrogen-bond acceptors (Lipinski definition) is 4. The summed E-state index contributed by atoms with van der Waals surface area (Å²) in [6.45, 7) is 5.00. The molecule has 2 aromatic heterocycles. The van der Waals surface area contributed by atoms with E-state index < -0.39 is 0 Å². The van der Waals surface area contributed by atoms with Crippen molar-refractivity contribution in [1.29, 1.82) is 0 Å². The SMILES string of the molecule is CCCn1c(-c2csc(C(C)N)n2)nc2cc(Cl)ccc21. The molecule has 0 aliphatic rings. The van der Waals surface area contributed by atoms with E-state index in [-0.39, 0.29) is 6.04 Å². The zero-order chi connectivity index (χ0) is 15.0. The highest BCUT2D eigenvalue weighted by molar-refractivity contribution is 7.10. The highest BCUT2D eigenvalue weighted by Crippen LogP contribution is 2.29. The predicted molar refractivity (Wildman–Crippen MR) is 88.7 cm³/mol. The van der Waals surface area contributed by atoms with Gasteiger partial charge in [-0.05, 0) is 31.5 Å². The second-order valence-electron chi connectivity index (χ2n) is 5.08. The van der Waals surface area contributed by atoms with Gasteiger partial charge in [-0.25, -0.2) is 9.97 Å². The number of fused-ring (bicyclic) bond motifs is 1. The molecule has 0 saturated heterocycles. The lowest BCUT2D eigenvalue weighted by Crippen LogP contribution is -2.04. The van der Waals surface area contributed by atoms with Crippen molar-refractivity contribution in [2.45, 2.75) is 32.9 Å². The number of imidazole rings is 1. The number of hydrogen-bond donors (Lipinski definition) is 1. The quantitative estimate of drug-likeness (QED) is 0.782. The summed E-state index contributed by atoms with van der Waals surface area (Å²) in [6, 6.07) is 5.76. The van der Waals surface area contributed by atoms with Crippen LogP contribution in [0.25, 0.3) is 22.6 Å². The van der Waals surface area contributed by atoms with E-state index >= 15 is 0 Å². The van der Waals surface area contributed by atoms with Gasteiger partial charge in [-0.1, -0.05) is 18.5 Å². The van der Waals surface area contributed by atoms with Crippen LogP contribution in [0, 0.1) is 0 Å². The maximum Gasteiger partial charge on any atom is 0.160 e. The number of rotatable bonds is 4. The highest BCUT2D eigenvalue weighted by Gasteiger charge is 2.16. The molecule has 1 unspecified atom stereocenters. The van der Waals surface area contributed by atoms with Gasteiger partial charge in [-0.15, -0.1) is 11.3 Å². The van der Waals surface area contributed by atoms with Crippen LogP contribution in [0.15, 0.2) is 23.6 Å². The first kappa shape index (κ1) is 14.5. The number of nitrogens with two attached hydrogens (primary N) is 1. The van der Waals surface area contributed by atoms with E-state index in [2.05, 4.69) is 16.5 Å². The van der Waals surface area contributed by atoms with Crippen LogP contribution in [0.5, 0.6) is 0 Å². The van der Waals surface area contributed by atoms with E-state index in [0.717, 1.165) is 40.5 Å². The summed E-state index contributed by atoms with van der Waals surface area (Å²) < 4.78 is 2.20. The number of benzene rings is 1. The smallest absolute Gasteiger partial charge is 0.160 e. The van der Waals surface area contributed by atoms with Gasteiger partial charge in [0.05, 0.1) is 17.1 Å². The molecule has 4 nitrogen and oxygen atoms in total. The van der Waals surface area contributed by atoms with E-state index in [1.54, 1.807) is 11.3 Å². The summed E-state index contributed by atoms with van der Waals surface area (Å²) in [4.78, 5) is 9.33. The van der Waals surface area contributed by atoms with Gasteiger partial charge in [0.2, 0.25) is 0 Å². The largest absolute Gasteiger partial charge is 0.323 e. The standard InChI is InChI=1S/C15H17ClN4S/c1-3-6-20-13-5-4-10(16)7-11(13)18-14(20)12-8-21-15(19-12)9(2)17/h4-5,7-9H,3,6,17H2,1-2H3. The van der Waals surface area contributed by atoms with Crippen LogP contribution in [0.3, 0.4) is 0 Å². The van der Waals surface area contributed by atoms with Gasteiger partial charge in [0, 0.05) is 16.9 Å². The summed E-state index contributed by atoms with van der Waals surface area (Å²) >= 11 is 7.65. The maximum absolute atomic E-state index is 6.07. The van der Waals surface area contributed by atoms with Gasteiger partial charge in [0.25, 0.3) is 0 Å². The molecule has 110 valence electrons. The fourth-order valence-corrected chi connectivity index (χ4v) is 3.27. The Balaban J connectivity index is 2.17. The van der Waals surface area contributed by atoms with Crippen molar-refractivity contribution in [2.75, 3.05) is 0 Å². The minimum Gasteiger partial charge on any atom is -0.323 e. The molecule has 0 fully saturated rings. The Hall–Kier alpha value is -1.43. The first-order valence-electron chi connectivity index (χ1n) is 6.97. The van der Waals surface area contributed by atoms with Gasteiger partial charge < -0.3 is 10.3 Å². The summed E-state index contributed by atoms with van der Waals surface area (Å²) in [6.07, 6.45) is 1.03. The Morgan fingerprint density at radius 3 is 2.86 bits per heavy atom. The van der Waals surface area contributed by atoms with Gasteiger partial charge >= 0.3 is 0 Å². The normalized spacial score (nSPS) is 13.0. The second kappa shape index (κ2) is 5.75. The Morgan fingerprint density at radius 2 is 2.19 bits per heavy atom.